The highest BCUT2D eigenvalue weighted by Gasteiger charge is 2.64. The van der Waals surface area contributed by atoms with Crippen molar-refractivity contribution < 1.29 is 23.9 Å². The van der Waals surface area contributed by atoms with E-state index in [-0.39, 0.29) is 23.8 Å². The molecule has 4 aromatic rings. The number of nitrogens with zero attached hydrogens (tertiary/aromatic N) is 2. The number of ether oxygens (including phenoxy) is 2. The summed E-state index contributed by atoms with van der Waals surface area (Å²) in [6.07, 6.45) is 0. The van der Waals surface area contributed by atoms with Crippen molar-refractivity contribution in [2.75, 3.05) is 7.11 Å². The Morgan fingerprint density at radius 2 is 1.44 bits per heavy atom. The van der Waals surface area contributed by atoms with Gasteiger partial charge >= 0.3 is 11.7 Å². The van der Waals surface area contributed by atoms with Gasteiger partial charge in [-0.2, -0.15) is 0 Å². The number of hydrogen-bond acceptors (Lipinski definition) is 6. The second-order valence-corrected chi connectivity index (χ2v) is 9.10. The summed E-state index contributed by atoms with van der Waals surface area (Å²) in [7, 11) is 1.58. The quantitative estimate of drug-likeness (QED) is 0.306. The fourth-order valence-corrected chi connectivity index (χ4v) is 4.78. The molecule has 2 heterocycles. The van der Waals surface area contributed by atoms with Crippen LogP contribution in [0.4, 0.5) is 0 Å². The third-order valence-corrected chi connectivity index (χ3v) is 6.69. The van der Waals surface area contributed by atoms with Crippen molar-refractivity contribution in [1.82, 2.24) is 4.90 Å². The van der Waals surface area contributed by atoms with Crippen LogP contribution in [-0.4, -0.2) is 35.4 Å². The molecule has 0 aromatic heterocycles. The van der Waals surface area contributed by atoms with Crippen LogP contribution in [-0.2, 0) is 20.9 Å². The maximum Gasteiger partial charge on any atom is 0.389 e. The molecular formula is C32H24N2O5. The largest absolute Gasteiger partial charge is 0.497 e. The Bertz CT molecular complexity index is 1580. The van der Waals surface area contributed by atoms with Gasteiger partial charge in [-0.3, -0.25) is 14.5 Å². The van der Waals surface area contributed by atoms with Crippen molar-refractivity contribution in [2.45, 2.75) is 12.3 Å². The molecule has 0 N–H and O–H groups in total. The van der Waals surface area contributed by atoms with Gasteiger partial charge in [0.25, 0.3) is 5.90 Å². The molecule has 2 aliphatic rings. The third kappa shape index (κ3) is 4.24. The average Bonchev–Trinajstić information content (AvgIpc) is 3.54. The number of oxime groups is 1. The van der Waals surface area contributed by atoms with Gasteiger partial charge in [0, 0.05) is 11.1 Å². The molecule has 1 atom stereocenters. The van der Waals surface area contributed by atoms with Crippen LogP contribution in [0.1, 0.15) is 27.0 Å². The standard InChI is InChI=1S/C32H24N2O5/c1-37-26-19-17-25(18-20-26)30-33-39-32(38-30)27(29(35)24-15-9-4-10-16-24)28(23-13-7-3-8-14-23)34(31(32)36)21-22-11-5-2-6-12-22/h2-20H,21H2,1H3. The Hall–Kier alpha value is -5.17. The van der Waals surface area contributed by atoms with Gasteiger partial charge < -0.3 is 14.3 Å². The van der Waals surface area contributed by atoms with Crippen LogP contribution in [0.15, 0.2) is 126 Å². The predicted molar refractivity (Wildman–Crippen MR) is 146 cm³/mol. The number of carbonyl (C=O) groups is 2. The van der Waals surface area contributed by atoms with Gasteiger partial charge in [0.15, 0.2) is 5.78 Å². The Labute approximate surface area is 225 Å². The van der Waals surface area contributed by atoms with E-state index >= 15 is 0 Å². The van der Waals surface area contributed by atoms with Gasteiger partial charge in [-0.25, -0.2) is 0 Å². The van der Waals surface area contributed by atoms with E-state index in [0.717, 1.165) is 5.56 Å². The first kappa shape index (κ1) is 24.2. The Morgan fingerprint density at radius 1 is 0.821 bits per heavy atom. The number of benzene rings is 4. The van der Waals surface area contributed by atoms with Crippen molar-refractivity contribution in [2.24, 2.45) is 5.16 Å². The van der Waals surface area contributed by atoms with Crippen LogP contribution < -0.4 is 4.74 Å². The molecule has 0 saturated heterocycles. The molecule has 0 saturated carbocycles. The minimum Gasteiger partial charge on any atom is -0.497 e. The van der Waals surface area contributed by atoms with Crippen LogP contribution in [0.2, 0.25) is 0 Å². The molecule has 2 aliphatic heterocycles. The zero-order valence-corrected chi connectivity index (χ0v) is 21.1. The van der Waals surface area contributed by atoms with Crippen molar-refractivity contribution in [1.29, 1.82) is 0 Å². The van der Waals surface area contributed by atoms with E-state index in [0.29, 0.717) is 28.1 Å². The number of Topliss-reactive ketones (excluding diaryl/α,β-unsaturated/α-hetero) is 1. The summed E-state index contributed by atoms with van der Waals surface area (Å²) in [4.78, 5) is 36.0. The number of amides is 1. The first-order chi connectivity index (χ1) is 19.1. The van der Waals surface area contributed by atoms with Crippen LogP contribution in [0.5, 0.6) is 5.75 Å². The number of rotatable bonds is 7. The average molecular weight is 517 g/mol. The molecule has 0 bridgehead atoms. The van der Waals surface area contributed by atoms with Gasteiger partial charge in [0.1, 0.15) is 11.3 Å². The summed E-state index contributed by atoms with van der Waals surface area (Å²) in [6, 6.07) is 34.7. The lowest BCUT2D eigenvalue weighted by atomic mass is 9.94. The van der Waals surface area contributed by atoms with Crippen LogP contribution >= 0.6 is 0 Å². The summed E-state index contributed by atoms with van der Waals surface area (Å²) in [5.41, 5.74) is 3.05. The Balaban J connectivity index is 1.52. The van der Waals surface area contributed by atoms with E-state index in [2.05, 4.69) is 5.16 Å². The number of methoxy groups -OCH3 is 1. The minimum absolute atomic E-state index is 0.0769. The monoisotopic (exact) mass is 516 g/mol. The van der Waals surface area contributed by atoms with Crippen LogP contribution in [0.25, 0.3) is 5.70 Å². The Kier molecular flexibility index (Phi) is 6.17. The highest BCUT2D eigenvalue weighted by Crippen LogP contribution is 2.46. The van der Waals surface area contributed by atoms with E-state index in [9.17, 15) is 9.59 Å². The number of carbonyl (C=O) groups excluding carboxylic acids is 2. The van der Waals surface area contributed by atoms with E-state index in [1.807, 2.05) is 66.7 Å². The maximum atomic E-state index is 14.3. The molecule has 0 radical (unpaired) electrons. The van der Waals surface area contributed by atoms with Gasteiger partial charge in [0.05, 0.1) is 19.4 Å². The summed E-state index contributed by atoms with van der Waals surface area (Å²) < 4.78 is 11.5. The first-order valence-electron chi connectivity index (χ1n) is 12.5. The molecular weight excluding hydrogens is 492 g/mol. The molecule has 1 unspecified atom stereocenters. The van der Waals surface area contributed by atoms with Crippen molar-refractivity contribution in [3.05, 3.63) is 143 Å². The van der Waals surface area contributed by atoms with E-state index in [1.54, 1.807) is 60.5 Å². The molecule has 7 nitrogen and oxygen atoms in total. The second kappa shape index (κ2) is 9.95. The predicted octanol–water partition coefficient (Wildman–Crippen LogP) is 5.44. The fraction of sp³-hybridized carbons (Fsp3) is 0.0938. The van der Waals surface area contributed by atoms with Crippen molar-refractivity contribution in [3.63, 3.8) is 0 Å². The number of hydrogen-bond donors (Lipinski definition) is 0. The van der Waals surface area contributed by atoms with Crippen LogP contribution in [0.3, 0.4) is 0 Å². The summed E-state index contributed by atoms with van der Waals surface area (Å²) >= 11 is 0. The molecule has 6 rings (SSSR count). The van der Waals surface area contributed by atoms with E-state index in [1.165, 1.54) is 0 Å². The maximum absolute atomic E-state index is 14.3. The highest BCUT2D eigenvalue weighted by molar-refractivity contribution is 6.23. The lowest BCUT2D eigenvalue weighted by Gasteiger charge is -2.23. The smallest absolute Gasteiger partial charge is 0.389 e. The van der Waals surface area contributed by atoms with Crippen LogP contribution in [0, 0.1) is 0 Å². The van der Waals surface area contributed by atoms with E-state index < -0.39 is 11.7 Å². The fourth-order valence-electron chi connectivity index (χ4n) is 4.78. The zero-order valence-electron chi connectivity index (χ0n) is 21.1. The molecule has 7 heteroatoms. The van der Waals surface area contributed by atoms with Crippen molar-refractivity contribution in [3.8, 4) is 5.75 Å². The third-order valence-electron chi connectivity index (χ3n) is 6.69. The van der Waals surface area contributed by atoms with Gasteiger partial charge in [0.2, 0.25) is 0 Å². The van der Waals surface area contributed by atoms with Gasteiger partial charge in [-0.05, 0) is 40.5 Å². The summed E-state index contributed by atoms with van der Waals surface area (Å²) in [6.45, 7) is 0.210. The topological polar surface area (TPSA) is 77.4 Å². The van der Waals surface area contributed by atoms with Crippen molar-refractivity contribution >= 4 is 23.3 Å². The first-order valence-corrected chi connectivity index (χ1v) is 12.5. The van der Waals surface area contributed by atoms with E-state index in [4.69, 9.17) is 14.3 Å². The SMILES string of the molecule is COc1ccc(C2=NOC3(O2)C(=O)N(Cc2ccccc2)C(c2ccccc2)=C3C(=O)c2ccccc2)cc1. The number of ketones is 1. The lowest BCUT2D eigenvalue weighted by molar-refractivity contribution is -0.173. The Morgan fingerprint density at radius 3 is 2.08 bits per heavy atom. The van der Waals surface area contributed by atoms with Gasteiger partial charge in [-0.15, -0.1) is 0 Å². The minimum atomic E-state index is -2.08. The molecule has 0 aliphatic carbocycles. The molecule has 192 valence electrons. The molecule has 4 aromatic carbocycles. The highest BCUT2D eigenvalue weighted by atomic mass is 16.8. The second-order valence-electron chi connectivity index (χ2n) is 9.10. The normalized spacial score (nSPS) is 18.1. The lowest BCUT2D eigenvalue weighted by Crippen LogP contribution is -2.46. The summed E-state index contributed by atoms with van der Waals surface area (Å²) in [5, 5.41) is 4.16. The van der Waals surface area contributed by atoms with Gasteiger partial charge in [-0.1, -0.05) is 91.0 Å². The zero-order chi connectivity index (χ0) is 26.8. The molecule has 39 heavy (non-hydrogen) atoms. The summed E-state index contributed by atoms with van der Waals surface area (Å²) in [5.74, 6) is -2.24. The molecule has 1 amide bonds. The molecule has 0 fully saturated rings. The molecule has 1 spiro atoms.